The summed E-state index contributed by atoms with van der Waals surface area (Å²) in [6.07, 6.45) is 3.20. The Morgan fingerprint density at radius 2 is 1.95 bits per heavy atom. The van der Waals surface area contributed by atoms with E-state index < -0.39 is 23.0 Å². The van der Waals surface area contributed by atoms with Crippen molar-refractivity contribution in [1.29, 1.82) is 0 Å². The van der Waals surface area contributed by atoms with Crippen LogP contribution in [0.4, 0.5) is 8.78 Å². The number of methoxy groups -OCH3 is 1. The molecule has 0 saturated heterocycles. The minimum atomic E-state index is -1.24. The van der Waals surface area contributed by atoms with E-state index >= 15 is 0 Å². The maximum absolute atomic E-state index is 14.5. The van der Waals surface area contributed by atoms with Crippen LogP contribution in [0.1, 0.15) is 43.2 Å². The predicted octanol–water partition coefficient (Wildman–Crippen LogP) is 3.40. The summed E-state index contributed by atoms with van der Waals surface area (Å²) in [6, 6.07) is 2.40. The van der Waals surface area contributed by atoms with Gasteiger partial charge in [-0.15, -0.1) is 0 Å². The van der Waals surface area contributed by atoms with Crippen molar-refractivity contribution in [1.82, 2.24) is 0 Å². The van der Waals surface area contributed by atoms with Gasteiger partial charge in [-0.05, 0) is 18.9 Å². The lowest BCUT2D eigenvalue weighted by atomic mass is 9.69. The van der Waals surface area contributed by atoms with Crippen molar-refractivity contribution >= 4 is 5.97 Å². The Kier molecular flexibility index (Phi) is 4.38. The number of rotatable bonds is 4. The highest BCUT2D eigenvalue weighted by Gasteiger charge is 2.43. The van der Waals surface area contributed by atoms with Gasteiger partial charge in [0.15, 0.2) is 0 Å². The Labute approximate surface area is 116 Å². The molecule has 0 heterocycles. The molecule has 1 aliphatic carbocycles. The Morgan fingerprint density at radius 1 is 1.30 bits per heavy atom. The summed E-state index contributed by atoms with van der Waals surface area (Å²) in [5, 5.41) is 9.57. The number of aliphatic carboxylic acids is 1. The first kappa shape index (κ1) is 14.9. The number of benzene rings is 1. The zero-order chi connectivity index (χ0) is 14.8. The molecular formula is C15H18F2O3. The molecule has 1 aromatic rings. The van der Waals surface area contributed by atoms with E-state index in [1.807, 2.05) is 0 Å². The minimum absolute atomic E-state index is 0.0816. The number of hydrogen-bond acceptors (Lipinski definition) is 2. The van der Waals surface area contributed by atoms with Crippen LogP contribution in [0.25, 0.3) is 0 Å². The number of carboxylic acids is 1. The summed E-state index contributed by atoms with van der Waals surface area (Å²) in [5.74, 6) is -2.52. The van der Waals surface area contributed by atoms with Crippen LogP contribution in [-0.2, 0) is 21.6 Å². The summed E-state index contributed by atoms with van der Waals surface area (Å²) in [5.41, 5.74) is -1.35. The highest BCUT2D eigenvalue weighted by Crippen LogP contribution is 2.41. The molecule has 1 fully saturated rings. The maximum atomic E-state index is 14.5. The Morgan fingerprint density at radius 3 is 2.50 bits per heavy atom. The first-order valence-electron chi connectivity index (χ1n) is 6.72. The molecule has 0 aliphatic heterocycles. The molecule has 0 aromatic heterocycles. The van der Waals surface area contributed by atoms with Crippen LogP contribution >= 0.6 is 0 Å². The molecule has 1 N–H and O–H groups in total. The molecule has 110 valence electrons. The van der Waals surface area contributed by atoms with Crippen molar-refractivity contribution < 1.29 is 23.4 Å². The number of halogens is 2. The molecule has 2 rings (SSSR count). The molecular weight excluding hydrogens is 266 g/mol. The largest absolute Gasteiger partial charge is 0.481 e. The average Bonchev–Trinajstić information content (AvgIpc) is 2.44. The zero-order valence-electron chi connectivity index (χ0n) is 11.4. The van der Waals surface area contributed by atoms with Crippen LogP contribution in [0.2, 0.25) is 0 Å². The molecule has 3 nitrogen and oxygen atoms in total. The van der Waals surface area contributed by atoms with Crippen LogP contribution in [0.15, 0.2) is 12.1 Å². The van der Waals surface area contributed by atoms with Crippen molar-refractivity contribution in [3.63, 3.8) is 0 Å². The third kappa shape index (κ3) is 2.42. The molecule has 0 spiro atoms. The van der Waals surface area contributed by atoms with Gasteiger partial charge in [0.2, 0.25) is 0 Å². The van der Waals surface area contributed by atoms with E-state index in [1.54, 1.807) is 0 Å². The lowest BCUT2D eigenvalue weighted by Gasteiger charge is -2.34. The normalized spacial score (nSPS) is 17.9. The molecule has 1 saturated carbocycles. The number of carboxylic acid groups (broad SMARTS) is 1. The topological polar surface area (TPSA) is 46.5 Å². The molecule has 1 aliphatic rings. The van der Waals surface area contributed by atoms with Crippen molar-refractivity contribution in [3.05, 3.63) is 34.9 Å². The highest BCUT2D eigenvalue weighted by atomic mass is 19.1. The fourth-order valence-corrected chi connectivity index (χ4v) is 3.00. The lowest BCUT2D eigenvalue weighted by molar-refractivity contribution is -0.145. The molecule has 20 heavy (non-hydrogen) atoms. The van der Waals surface area contributed by atoms with Crippen molar-refractivity contribution in [2.75, 3.05) is 7.11 Å². The van der Waals surface area contributed by atoms with Crippen LogP contribution < -0.4 is 0 Å². The monoisotopic (exact) mass is 284 g/mol. The molecule has 0 unspecified atom stereocenters. The standard InChI is InChI=1S/C15H18F2O3/c1-20-9-10-12(16)6-5-11(13(10)17)15(14(18)19)7-3-2-4-8-15/h5-6H,2-4,7-9H2,1H3,(H,18,19). The Balaban J connectivity index is 2.54. The van der Waals surface area contributed by atoms with Gasteiger partial charge in [-0.2, -0.15) is 0 Å². The van der Waals surface area contributed by atoms with E-state index in [4.69, 9.17) is 4.74 Å². The van der Waals surface area contributed by atoms with Crippen molar-refractivity contribution in [3.8, 4) is 0 Å². The number of ether oxygens (including phenoxy) is 1. The first-order chi connectivity index (χ1) is 9.53. The Bertz CT molecular complexity index is 508. The van der Waals surface area contributed by atoms with Gasteiger partial charge in [-0.25, -0.2) is 8.78 Å². The Hall–Kier alpha value is -1.49. The highest BCUT2D eigenvalue weighted by molar-refractivity contribution is 5.81. The van der Waals surface area contributed by atoms with Gasteiger partial charge in [0, 0.05) is 18.2 Å². The van der Waals surface area contributed by atoms with E-state index in [0.717, 1.165) is 25.3 Å². The second-order valence-corrected chi connectivity index (χ2v) is 5.27. The van der Waals surface area contributed by atoms with Gasteiger partial charge in [0.25, 0.3) is 0 Å². The van der Waals surface area contributed by atoms with Crippen LogP contribution in [0, 0.1) is 11.6 Å². The van der Waals surface area contributed by atoms with Gasteiger partial charge in [0.1, 0.15) is 11.6 Å². The van der Waals surface area contributed by atoms with Crippen LogP contribution in [0.5, 0.6) is 0 Å². The first-order valence-corrected chi connectivity index (χ1v) is 6.72. The zero-order valence-corrected chi connectivity index (χ0v) is 11.4. The van der Waals surface area contributed by atoms with Gasteiger partial charge in [0.05, 0.1) is 12.0 Å². The maximum Gasteiger partial charge on any atom is 0.314 e. The average molecular weight is 284 g/mol. The summed E-state index contributed by atoms with van der Waals surface area (Å²) in [4.78, 5) is 11.7. The van der Waals surface area contributed by atoms with Crippen LogP contribution in [-0.4, -0.2) is 18.2 Å². The third-order valence-electron chi connectivity index (χ3n) is 4.11. The van der Waals surface area contributed by atoms with Crippen LogP contribution in [0.3, 0.4) is 0 Å². The predicted molar refractivity (Wildman–Crippen MR) is 69.5 cm³/mol. The summed E-state index contributed by atoms with van der Waals surface area (Å²) in [6.45, 7) is -0.207. The van der Waals surface area contributed by atoms with E-state index in [9.17, 15) is 18.7 Å². The summed E-state index contributed by atoms with van der Waals surface area (Å²) in [7, 11) is 1.35. The molecule has 0 bridgehead atoms. The van der Waals surface area contributed by atoms with Crippen molar-refractivity contribution in [2.24, 2.45) is 0 Å². The van der Waals surface area contributed by atoms with E-state index in [2.05, 4.69) is 0 Å². The van der Waals surface area contributed by atoms with Gasteiger partial charge < -0.3 is 9.84 Å². The quantitative estimate of drug-likeness (QED) is 0.921. The molecule has 0 amide bonds. The lowest BCUT2D eigenvalue weighted by Crippen LogP contribution is -2.39. The second kappa shape index (κ2) is 5.87. The summed E-state index contributed by atoms with van der Waals surface area (Å²) >= 11 is 0. The minimum Gasteiger partial charge on any atom is -0.481 e. The third-order valence-corrected chi connectivity index (χ3v) is 4.11. The van der Waals surface area contributed by atoms with E-state index in [0.29, 0.717) is 12.8 Å². The fourth-order valence-electron chi connectivity index (χ4n) is 3.00. The number of carbonyl (C=O) groups is 1. The van der Waals surface area contributed by atoms with Crippen molar-refractivity contribution in [2.45, 2.75) is 44.1 Å². The van der Waals surface area contributed by atoms with E-state index in [1.165, 1.54) is 13.2 Å². The summed E-state index contributed by atoms with van der Waals surface area (Å²) < 4.78 is 33.0. The van der Waals surface area contributed by atoms with Gasteiger partial charge >= 0.3 is 5.97 Å². The fraction of sp³-hybridized carbons (Fsp3) is 0.533. The molecule has 0 radical (unpaired) electrons. The SMILES string of the molecule is COCc1c(F)ccc(C2(C(=O)O)CCCCC2)c1F. The smallest absolute Gasteiger partial charge is 0.314 e. The van der Waals surface area contributed by atoms with Gasteiger partial charge in [-0.1, -0.05) is 25.3 Å². The molecule has 5 heteroatoms. The van der Waals surface area contributed by atoms with E-state index in [-0.39, 0.29) is 17.7 Å². The molecule has 1 aromatic carbocycles. The number of hydrogen-bond donors (Lipinski definition) is 1. The molecule has 0 atom stereocenters. The van der Waals surface area contributed by atoms with Gasteiger partial charge in [-0.3, -0.25) is 4.79 Å². The second-order valence-electron chi connectivity index (χ2n) is 5.27.